The van der Waals surface area contributed by atoms with Gasteiger partial charge in [0.15, 0.2) is 0 Å². The lowest BCUT2D eigenvalue weighted by Crippen LogP contribution is -2.05. The highest BCUT2D eigenvalue weighted by atomic mass is 35.5. The molecule has 0 bridgehead atoms. The molecule has 0 aliphatic heterocycles. The third-order valence-electron chi connectivity index (χ3n) is 2.44. The van der Waals surface area contributed by atoms with Crippen LogP contribution in [0.4, 0.5) is 4.39 Å². The van der Waals surface area contributed by atoms with E-state index in [0.29, 0.717) is 18.4 Å². The van der Waals surface area contributed by atoms with Gasteiger partial charge in [0.2, 0.25) is 6.08 Å². The van der Waals surface area contributed by atoms with Crippen molar-refractivity contribution in [1.82, 2.24) is 0 Å². The highest BCUT2D eigenvalue weighted by molar-refractivity contribution is 6.30. The summed E-state index contributed by atoms with van der Waals surface area (Å²) in [7, 11) is 0. The van der Waals surface area contributed by atoms with Gasteiger partial charge in [-0.15, -0.1) is 0 Å². The van der Waals surface area contributed by atoms with Crippen LogP contribution in [0.1, 0.15) is 18.4 Å². The van der Waals surface area contributed by atoms with Crippen molar-refractivity contribution in [2.45, 2.75) is 18.4 Å². The Kier molecular flexibility index (Phi) is 2.14. The Morgan fingerprint density at radius 2 is 2.21 bits per heavy atom. The Hall–Kier alpha value is -1.18. The molecule has 2 rings (SSSR count). The van der Waals surface area contributed by atoms with Crippen molar-refractivity contribution in [3.63, 3.8) is 0 Å². The van der Waals surface area contributed by atoms with Gasteiger partial charge in [0.25, 0.3) is 0 Å². The molecule has 0 heterocycles. The van der Waals surface area contributed by atoms with Gasteiger partial charge in [-0.05, 0) is 18.9 Å². The van der Waals surface area contributed by atoms with Gasteiger partial charge in [0.05, 0.1) is 5.02 Å². The summed E-state index contributed by atoms with van der Waals surface area (Å²) in [6.45, 7) is 0. The zero-order chi connectivity index (χ0) is 10.2. The maximum absolute atomic E-state index is 13.5. The second-order valence-electron chi connectivity index (χ2n) is 3.34. The molecule has 0 unspecified atom stereocenters. The van der Waals surface area contributed by atoms with E-state index in [1.54, 1.807) is 12.1 Å². The molecule has 1 saturated carbocycles. The van der Waals surface area contributed by atoms with E-state index in [9.17, 15) is 9.18 Å². The Morgan fingerprint density at radius 1 is 1.50 bits per heavy atom. The van der Waals surface area contributed by atoms with E-state index >= 15 is 0 Å². The van der Waals surface area contributed by atoms with Gasteiger partial charge >= 0.3 is 0 Å². The topological polar surface area (TPSA) is 29.4 Å². The van der Waals surface area contributed by atoms with Crippen molar-refractivity contribution in [3.05, 3.63) is 34.6 Å². The van der Waals surface area contributed by atoms with Crippen LogP contribution in [0.3, 0.4) is 0 Å². The predicted octanol–water partition coefficient (Wildman–Crippen LogP) is 2.80. The minimum absolute atomic E-state index is 0.0647. The van der Waals surface area contributed by atoms with Crippen LogP contribution in [0.25, 0.3) is 0 Å². The van der Waals surface area contributed by atoms with Crippen molar-refractivity contribution in [2.75, 3.05) is 0 Å². The van der Waals surface area contributed by atoms with Crippen molar-refractivity contribution in [3.8, 4) is 0 Å². The molecule has 1 aliphatic rings. The Morgan fingerprint density at radius 3 is 2.79 bits per heavy atom. The van der Waals surface area contributed by atoms with E-state index in [4.69, 9.17) is 11.6 Å². The highest BCUT2D eigenvalue weighted by Gasteiger charge is 2.46. The van der Waals surface area contributed by atoms with Gasteiger partial charge in [0, 0.05) is 5.56 Å². The van der Waals surface area contributed by atoms with Gasteiger partial charge in [-0.3, -0.25) is 0 Å². The third-order valence-corrected chi connectivity index (χ3v) is 2.73. The third kappa shape index (κ3) is 1.35. The second-order valence-corrected chi connectivity index (χ2v) is 3.74. The van der Waals surface area contributed by atoms with Gasteiger partial charge in [0.1, 0.15) is 11.4 Å². The molecule has 14 heavy (non-hydrogen) atoms. The van der Waals surface area contributed by atoms with Crippen LogP contribution in [-0.4, -0.2) is 6.08 Å². The van der Waals surface area contributed by atoms with Crippen LogP contribution in [0, 0.1) is 5.82 Å². The summed E-state index contributed by atoms with van der Waals surface area (Å²) >= 11 is 5.63. The quantitative estimate of drug-likeness (QED) is 0.546. The normalized spacial score (nSPS) is 17.3. The maximum Gasteiger partial charge on any atom is 0.235 e. The molecule has 0 aromatic heterocycles. The number of halogens is 2. The number of rotatable bonds is 2. The van der Waals surface area contributed by atoms with E-state index in [1.165, 1.54) is 12.1 Å². The molecule has 2 nitrogen and oxygen atoms in total. The largest absolute Gasteiger partial charge is 0.235 e. The Balaban J connectivity index is 2.52. The van der Waals surface area contributed by atoms with Crippen molar-refractivity contribution in [1.29, 1.82) is 0 Å². The molecule has 0 saturated heterocycles. The minimum atomic E-state index is -0.684. The first-order valence-electron chi connectivity index (χ1n) is 4.23. The van der Waals surface area contributed by atoms with Gasteiger partial charge in [-0.25, -0.2) is 9.18 Å². The molecule has 1 aromatic rings. The van der Waals surface area contributed by atoms with Gasteiger partial charge in [-0.1, -0.05) is 23.7 Å². The first-order chi connectivity index (χ1) is 6.69. The van der Waals surface area contributed by atoms with Crippen molar-refractivity contribution >= 4 is 17.7 Å². The number of hydrogen-bond acceptors (Lipinski definition) is 2. The molecule has 0 spiro atoms. The zero-order valence-corrected chi connectivity index (χ0v) is 8.01. The minimum Gasteiger partial charge on any atom is -0.211 e. The van der Waals surface area contributed by atoms with E-state index in [-0.39, 0.29) is 5.02 Å². The molecule has 1 aromatic carbocycles. The highest BCUT2D eigenvalue weighted by Crippen LogP contribution is 2.50. The SMILES string of the molecule is O=C=NC1(c2cccc(Cl)c2F)CC1. The predicted molar refractivity (Wildman–Crippen MR) is 50.4 cm³/mol. The summed E-state index contributed by atoms with van der Waals surface area (Å²) < 4.78 is 13.5. The molecule has 1 aliphatic carbocycles. The van der Waals surface area contributed by atoms with E-state index in [0.717, 1.165) is 0 Å². The Labute approximate surface area is 85.4 Å². The van der Waals surface area contributed by atoms with Gasteiger partial charge < -0.3 is 0 Å². The summed E-state index contributed by atoms with van der Waals surface area (Å²) in [6.07, 6.45) is 2.84. The first kappa shape index (κ1) is 9.38. The molecular formula is C10H7ClFNO. The fraction of sp³-hybridized carbons (Fsp3) is 0.300. The molecule has 0 N–H and O–H groups in total. The first-order valence-corrected chi connectivity index (χ1v) is 4.61. The summed E-state index contributed by atoms with van der Waals surface area (Å²) in [5, 5.41) is 0.0647. The molecule has 0 amide bonds. The second kappa shape index (κ2) is 3.19. The summed E-state index contributed by atoms with van der Waals surface area (Å²) in [6, 6.07) is 4.73. The molecule has 1 fully saturated rings. The van der Waals surface area contributed by atoms with Crippen LogP contribution in [0.2, 0.25) is 5.02 Å². The molecule has 0 radical (unpaired) electrons. The van der Waals surface area contributed by atoms with E-state index < -0.39 is 11.4 Å². The summed E-state index contributed by atoms with van der Waals surface area (Å²) in [5.74, 6) is -0.481. The fourth-order valence-electron chi connectivity index (χ4n) is 1.51. The standard InChI is InChI=1S/C10H7ClFNO/c11-8-3-1-2-7(9(8)12)10(4-5-10)13-6-14/h1-3H,4-5H2. The molecular weight excluding hydrogens is 205 g/mol. The van der Waals surface area contributed by atoms with Crippen LogP contribution in [-0.2, 0) is 10.3 Å². The average Bonchev–Trinajstić information content (AvgIpc) is 2.91. The van der Waals surface area contributed by atoms with Crippen LogP contribution < -0.4 is 0 Å². The Bertz CT molecular complexity index is 422. The maximum atomic E-state index is 13.5. The summed E-state index contributed by atoms with van der Waals surface area (Å²) in [5.41, 5.74) is -0.287. The monoisotopic (exact) mass is 211 g/mol. The van der Waals surface area contributed by atoms with Crippen molar-refractivity contribution < 1.29 is 9.18 Å². The summed E-state index contributed by atoms with van der Waals surface area (Å²) in [4.78, 5) is 13.8. The van der Waals surface area contributed by atoms with Crippen LogP contribution in [0.15, 0.2) is 23.2 Å². The lowest BCUT2D eigenvalue weighted by molar-refractivity contribution is 0.548. The van der Waals surface area contributed by atoms with Gasteiger partial charge in [-0.2, -0.15) is 4.99 Å². The number of hydrogen-bond donors (Lipinski definition) is 0. The number of benzene rings is 1. The molecule has 0 atom stereocenters. The van der Waals surface area contributed by atoms with E-state index in [1.807, 2.05) is 0 Å². The van der Waals surface area contributed by atoms with Crippen molar-refractivity contribution in [2.24, 2.45) is 4.99 Å². The van der Waals surface area contributed by atoms with E-state index in [2.05, 4.69) is 4.99 Å². The van der Waals surface area contributed by atoms with Crippen LogP contribution in [0.5, 0.6) is 0 Å². The number of aliphatic imine (C=N–C) groups is 1. The zero-order valence-electron chi connectivity index (χ0n) is 7.26. The molecule has 72 valence electrons. The number of isocyanates is 1. The number of nitrogens with zero attached hydrogens (tertiary/aromatic N) is 1. The lowest BCUT2D eigenvalue weighted by atomic mass is 10.1. The lowest BCUT2D eigenvalue weighted by Gasteiger charge is -2.09. The number of carbonyl (C=O) groups excluding carboxylic acids is 1. The molecule has 4 heteroatoms. The van der Waals surface area contributed by atoms with Crippen LogP contribution >= 0.6 is 11.6 Å². The fourth-order valence-corrected chi connectivity index (χ4v) is 1.68. The smallest absolute Gasteiger partial charge is 0.211 e. The average molecular weight is 212 g/mol.